The lowest BCUT2D eigenvalue weighted by Gasteiger charge is -2.10. The topological polar surface area (TPSA) is 29.5 Å². The van der Waals surface area contributed by atoms with E-state index in [-0.39, 0.29) is 6.61 Å². The van der Waals surface area contributed by atoms with Gasteiger partial charge in [0.2, 0.25) is 0 Å². The third-order valence-corrected chi connectivity index (χ3v) is 5.00. The van der Waals surface area contributed by atoms with Crippen LogP contribution >= 0.6 is 59.1 Å². The molecule has 0 aliphatic heterocycles. The van der Waals surface area contributed by atoms with Gasteiger partial charge in [-0.05, 0) is 77.6 Å². The Bertz CT molecular complexity index is 531. The van der Waals surface area contributed by atoms with Gasteiger partial charge in [0.1, 0.15) is 12.4 Å². The maximum absolute atomic E-state index is 9.10. The zero-order valence-electron chi connectivity index (χ0n) is 9.12. The smallest absolute Gasteiger partial charge is 0.148 e. The fourth-order valence-corrected chi connectivity index (χ4v) is 4.32. The van der Waals surface area contributed by atoms with Crippen LogP contribution in [0.25, 0.3) is 0 Å². The van der Waals surface area contributed by atoms with E-state index in [9.17, 15) is 0 Å². The summed E-state index contributed by atoms with van der Waals surface area (Å²) in [7, 11) is 0. The monoisotopic (exact) mass is 454 g/mol. The first-order valence-electron chi connectivity index (χ1n) is 5.06. The van der Waals surface area contributed by atoms with E-state index in [0.717, 1.165) is 28.9 Å². The maximum atomic E-state index is 9.10. The summed E-state index contributed by atoms with van der Waals surface area (Å²) in [6, 6.07) is 7.73. The van der Waals surface area contributed by atoms with Crippen LogP contribution < -0.4 is 4.74 Å². The van der Waals surface area contributed by atoms with Gasteiger partial charge in [-0.3, -0.25) is 0 Å². The van der Waals surface area contributed by atoms with Crippen molar-refractivity contribution in [3.63, 3.8) is 0 Å². The van der Waals surface area contributed by atoms with E-state index in [1.807, 2.05) is 24.3 Å². The van der Waals surface area contributed by atoms with Crippen molar-refractivity contribution in [1.29, 1.82) is 0 Å². The van der Waals surface area contributed by atoms with Crippen LogP contribution in [0.4, 0.5) is 0 Å². The molecule has 2 rings (SSSR count). The Labute approximate surface area is 134 Å². The first-order chi connectivity index (χ1) is 8.60. The molecule has 0 spiro atoms. The summed E-state index contributed by atoms with van der Waals surface area (Å²) in [5.41, 5.74) is 0.833. The van der Waals surface area contributed by atoms with Crippen LogP contribution in [0.3, 0.4) is 0 Å². The molecule has 1 aromatic carbocycles. The van der Waals surface area contributed by atoms with Crippen LogP contribution in [0.15, 0.2) is 37.0 Å². The standard InChI is InChI=1S/C12H9Br3O2S/c13-9-3-7(5-16)4-10(14)12(9)17-6-8-1-2-11(15)18-8/h1-4,16H,5-6H2. The van der Waals surface area contributed by atoms with Crippen molar-refractivity contribution >= 4 is 59.1 Å². The minimum Gasteiger partial charge on any atom is -0.486 e. The lowest BCUT2D eigenvalue weighted by Crippen LogP contribution is -1.96. The second-order valence-corrected chi connectivity index (χ2v) is 7.80. The average molecular weight is 457 g/mol. The number of aliphatic hydroxyl groups excluding tert-OH is 1. The molecule has 0 bridgehead atoms. The van der Waals surface area contributed by atoms with E-state index in [2.05, 4.69) is 47.8 Å². The summed E-state index contributed by atoms with van der Waals surface area (Å²) in [5, 5.41) is 9.10. The summed E-state index contributed by atoms with van der Waals surface area (Å²) in [6.07, 6.45) is 0. The minimum absolute atomic E-state index is 0.00928. The Hall–Kier alpha value is 0.120. The summed E-state index contributed by atoms with van der Waals surface area (Å²) in [6.45, 7) is 0.529. The predicted octanol–water partition coefficient (Wildman–Crippen LogP) is 5.11. The van der Waals surface area contributed by atoms with E-state index < -0.39 is 0 Å². The number of hydrogen-bond acceptors (Lipinski definition) is 3. The van der Waals surface area contributed by atoms with Crippen molar-refractivity contribution in [3.05, 3.63) is 47.4 Å². The van der Waals surface area contributed by atoms with Crippen LogP contribution in [-0.4, -0.2) is 5.11 Å². The molecular weight excluding hydrogens is 448 g/mol. The molecule has 0 aliphatic carbocycles. The van der Waals surface area contributed by atoms with Crippen molar-refractivity contribution in [2.24, 2.45) is 0 Å². The number of ether oxygens (including phenoxy) is 1. The predicted molar refractivity (Wildman–Crippen MR) is 84.1 cm³/mol. The Balaban J connectivity index is 2.14. The SMILES string of the molecule is OCc1cc(Br)c(OCc2ccc(Br)s2)c(Br)c1. The third kappa shape index (κ3) is 3.57. The van der Waals surface area contributed by atoms with Gasteiger partial charge in [0.15, 0.2) is 0 Å². The van der Waals surface area contributed by atoms with Gasteiger partial charge < -0.3 is 9.84 Å². The minimum atomic E-state index is 0.00928. The van der Waals surface area contributed by atoms with Gasteiger partial charge in [-0.1, -0.05) is 0 Å². The van der Waals surface area contributed by atoms with Crippen LogP contribution in [0.1, 0.15) is 10.4 Å². The highest BCUT2D eigenvalue weighted by Gasteiger charge is 2.09. The van der Waals surface area contributed by atoms with Crippen molar-refractivity contribution in [2.45, 2.75) is 13.2 Å². The Morgan fingerprint density at radius 2 is 1.78 bits per heavy atom. The lowest BCUT2D eigenvalue weighted by molar-refractivity contribution is 0.280. The highest BCUT2D eigenvalue weighted by molar-refractivity contribution is 9.11. The molecule has 96 valence electrons. The van der Waals surface area contributed by atoms with Crippen LogP contribution in [0.5, 0.6) is 5.75 Å². The van der Waals surface area contributed by atoms with E-state index in [1.54, 1.807) is 11.3 Å². The number of thiophene rings is 1. The molecule has 0 aliphatic rings. The molecule has 0 amide bonds. The number of halogens is 3. The summed E-state index contributed by atoms with van der Waals surface area (Å²) < 4.78 is 8.53. The molecule has 1 N–H and O–H groups in total. The molecular formula is C12H9Br3O2S. The van der Waals surface area contributed by atoms with Crippen molar-refractivity contribution in [3.8, 4) is 5.75 Å². The molecule has 1 heterocycles. The van der Waals surface area contributed by atoms with Gasteiger partial charge in [0.05, 0.1) is 19.3 Å². The fourth-order valence-electron chi connectivity index (χ4n) is 1.41. The zero-order chi connectivity index (χ0) is 13.1. The van der Waals surface area contributed by atoms with E-state index >= 15 is 0 Å². The van der Waals surface area contributed by atoms with Crippen LogP contribution in [0, 0.1) is 0 Å². The highest BCUT2D eigenvalue weighted by atomic mass is 79.9. The summed E-state index contributed by atoms with van der Waals surface area (Å²) in [4.78, 5) is 1.15. The summed E-state index contributed by atoms with van der Waals surface area (Å²) >= 11 is 12.0. The Morgan fingerprint density at radius 1 is 1.11 bits per heavy atom. The Kier molecular flexibility index (Phi) is 5.26. The molecule has 0 unspecified atom stereocenters. The van der Waals surface area contributed by atoms with Crippen molar-refractivity contribution < 1.29 is 9.84 Å². The molecule has 2 aromatic rings. The largest absolute Gasteiger partial charge is 0.486 e. The highest BCUT2D eigenvalue weighted by Crippen LogP contribution is 2.36. The molecule has 0 fully saturated rings. The lowest BCUT2D eigenvalue weighted by atomic mass is 10.2. The van der Waals surface area contributed by atoms with Gasteiger partial charge in [-0.2, -0.15) is 0 Å². The molecule has 0 saturated carbocycles. The number of benzene rings is 1. The maximum Gasteiger partial charge on any atom is 0.148 e. The van der Waals surface area contributed by atoms with Crippen molar-refractivity contribution in [2.75, 3.05) is 0 Å². The molecule has 0 saturated heterocycles. The fraction of sp³-hybridized carbons (Fsp3) is 0.167. The molecule has 0 radical (unpaired) electrons. The molecule has 1 aromatic heterocycles. The van der Waals surface area contributed by atoms with Crippen LogP contribution in [0.2, 0.25) is 0 Å². The summed E-state index contributed by atoms with van der Waals surface area (Å²) in [5.74, 6) is 0.747. The number of hydrogen-bond donors (Lipinski definition) is 1. The van der Waals surface area contributed by atoms with Gasteiger partial charge in [-0.15, -0.1) is 11.3 Å². The molecule has 6 heteroatoms. The quantitative estimate of drug-likeness (QED) is 0.693. The van der Waals surface area contributed by atoms with E-state index in [1.165, 1.54) is 0 Å². The van der Waals surface area contributed by atoms with Crippen molar-refractivity contribution in [1.82, 2.24) is 0 Å². The van der Waals surface area contributed by atoms with Gasteiger partial charge in [0, 0.05) is 4.88 Å². The van der Waals surface area contributed by atoms with E-state index in [0.29, 0.717) is 6.61 Å². The second kappa shape index (κ2) is 6.52. The first-order valence-corrected chi connectivity index (χ1v) is 8.25. The average Bonchev–Trinajstić information content (AvgIpc) is 2.73. The van der Waals surface area contributed by atoms with Gasteiger partial charge in [-0.25, -0.2) is 0 Å². The molecule has 0 atom stereocenters. The van der Waals surface area contributed by atoms with Crippen LogP contribution in [-0.2, 0) is 13.2 Å². The Morgan fingerprint density at radius 3 is 2.28 bits per heavy atom. The first kappa shape index (κ1) is 14.5. The molecule has 2 nitrogen and oxygen atoms in total. The normalized spacial score (nSPS) is 10.7. The second-order valence-electron chi connectivity index (χ2n) is 3.54. The zero-order valence-corrected chi connectivity index (χ0v) is 14.7. The van der Waals surface area contributed by atoms with Gasteiger partial charge in [0.25, 0.3) is 0 Å². The van der Waals surface area contributed by atoms with E-state index in [4.69, 9.17) is 9.84 Å². The number of rotatable bonds is 4. The van der Waals surface area contributed by atoms with Gasteiger partial charge >= 0.3 is 0 Å². The number of aliphatic hydroxyl groups is 1. The molecule has 18 heavy (non-hydrogen) atoms. The third-order valence-electron chi connectivity index (χ3n) is 2.23.